The van der Waals surface area contributed by atoms with Gasteiger partial charge in [-0.05, 0) is 43.7 Å². The van der Waals surface area contributed by atoms with Gasteiger partial charge in [0.25, 0.3) is 0 Å². The first-order valence-electron chi connectivity index (χ1n) is 8.53. The summed E-state index contributed by atoms with van der Waals surface area (Å²) in [4.78, 5) is 0.147. The first-order chi connectivity index (χ1) is 11.7. The molecule has 0 aromatic heterocycles. The van der Waals surface area contributed by atoms with Crippen molar-refractivity contribution < 1.29 is 21.6 Å². The van der Waals surface area contributed by atoms with E-state index >= 15 is 0 Å². The van der Waals surface area contributed by atoms with Crippen molar-refractivity contribution >= 4 is 19.7 Å². The molecule has 1 saturated heterocycles. The van der Waals surface area contributed by atoms with Crippen molar-refractivity contribution in [2.75, 3.05) is 25.2 Å². The van der Waals surface area contributed by atoms with Gasteiger partial charge >= 0.3 is 0 Å². The van der Waals surface area contributed by atoms with E-state index in [1.54, 1.807) is 19.1 Å². The first kappa shape index (κ1) is 20.2. The molecule has 6 nitrogen and oxygen atoms in total. The number of nitrogens with one attached hydrogen (secondary N) is 1. The Kier molecular flexibility index (Phi) is 6.51. The van der Waals surface area contributed by atoms with Crippen LogP contribution in [0.5, 0.6) is 5.75 Å². The summed E-state index contributed by atoms with van der Waals surface area (Å²) in [6, 6.07) is 4.08. The van der Waals surface area contributed by atoms with Gasteiger partial charge < -0.3 is 10.1 Å². The minimum absolute atomic E-state index is 0.127. The summed E-state index contributed by atoms with van der Waals surface area (Å²) in [7, 11) is -5.59. The second kappa shape index (κ2) is 8.05. The molecule has 1 aliphatic rings. The molecule has 8 heteroatoms. The van der Waals surface area contributed by atoms with Crippen LogP contribution < -0.4 is 10.1 Å². The summed E-state index contributed by atoms with van der Waals surface area (Å²) in [5.74, 6) is 0.150. The van der Waals surface area contributed by atoms with Crippen LogP contribution in [0, 0.1) is 6.92 Å². The Balaban J connectivity index is 2.26. The number of sulfone groups is 2. The van der Waals surface area contributed by atoms with Crippen molar-refractivity contribution in [1.82, 2.24) is 5.32 Å². The number of hydrogen-bond donors (Lipinski definition) is 1. The molecular formula is C17H27NO5S2. The summed E-state index contributed by atoms with van der Waals surface area (Å²) in [6.45, 7) is 4.48. The summed E-state index contributed by atoms with van der Waals surface area (Å²) in [6.07, 6.45) is 2.99. The van der Waals surface area contributed by atoms with E-state index in [2.05, 4.69) is 12.2 Å². The zero-order valence-electron chi connectivity index (χ0n) is 15.0. The number of hydrogen-bond acceptors (Lipinski definition) is 6. The van der Waals surface area contributed by atoms with Gasteiger partial charge in [0.1, 0.15) is 5.75 Å². The van der Waals surface area contributed by atoms with Crippen molar-refractivity contribution in [2.45, 2.75) is 49.3 Å². The molecule has 1 fully saturated rings. The van der Waals surface area contributed by atoms with Crippen molar-refractivity contribution in [2.24, 2.45) is 0 Å². The fourth-order valence-electron chi connectivity index (χ4n) is 3.18. The maximum atomic E-state index is 13.0. The third-order valence-corrected chi connectivity index (χ3v) is 8.73. The quantitative estimate of drug-likeness (QED) is 0.681. The molecule has 1 heterocycles. The van der Waals surface area contributed by atoms with Crippen molar-refractivity contribution in [3.8, 4) is 5.75 Å². The lowest BCUT2D eigenvalue weighted by atomic mass is 10.2. The third kappa shape index (κ3) is 4.74. The summed E-state index contributed by atoms with van der Waals surface area (Å²) in [5, 5.41) is 2.20. The van der Waals surface area contributed by atoms with Gasteiger partial charge in [-0.15, -0.1) is 0 Å². The van der Waals surface area contributed by atoms with Crippen molar-refractivity contribution in [3.63, 3.8) is 0 Å². The van der Waals surface area contributed by atoms with Gasteiger partial charge in [0.2, 0.25) is 0 Å². The molecule has 0 radical (unpaired) electrons. The highest BCUT2D eigenvalue weighted by Gasteiger charge is 2.45. The van der Waals surface area contributed by atoms with Crippen molar-refractivity contribution in [3.05, 3.63) is 23.8 Å². The SMILES string of the molecule is CCCCCN[C@H]1CS(=O)(=O)C[C@@H]1S(=O)(=O)c1ccc(OC)c(C)c1. The van der Waals surface area contributed by atoms with Crippen LogP contribution in [-0.2, 0) is 19.7 Å². The van der Waals surface area contributed by atoms with Crippen LogP contribution >= 0.6 is 0 Å². The zero-order valence-corrected chi connectivity index (χ0v) is 16.6. The number of unbranched alkanes of at least 4 members (excludes halogenated alkanes) is 2. The lowest BCUT2D eigenvalue weighted by molar-refractivity contribution is 0.411. The maximum absolute atomic E-state index is 13.0. The van der Waals surface area contributed by atoms with Gasteiger partial charge in [-0.1, -0.05) is 19.8 Å². The van der Waals surface area contributed by atoms with Gasteiger partial charge in [-0.3, -0.25) is 0 Å². The zero-order chi connectivity index (χ0) is 18.7. The minimum Gasteiger partial charge on any atom is -0.496 e. The molecule has 0 bridgehead atoms. The Hall–Kier alpha value is -1.12. The normalized spacial score (nSPS) is 22.8. The molecule has 2 rings (SSSR count). The van der Waals surface area contributed by atoms with E-state index in [4.69, 9.17) is 4.74 Å². The molecule has 0 spiro atoms. The van der Waals surface area contributed by atoms with E-state index in [0.29, 0.717) is 17.9 Å². The average Bonchev–Trinajstić information content (AvgIpc) is 2.87. The molecule has 0 saturated carbocycles. The van der Waals surface area contributed by atoms with Gasteiger partial charge in [-0.2, -0.15) is 0 Å². The second-order valence-electron chi connectivity index (χ2n) is 6.56. The Morgan fingerprint density at radius 1 is 1.24 bits per heavy atom. The minimum atomic E-state index is -3.75. The second-order valence-corrected chi connectivity index (χ2v) is 10.9. The smallest absolute Gasteiger partial charge is 0.183 e. The molecule has 0 unspecified atom stereocenters. The highest BCUT2D eigenvalue weighted by atomic mass is 32.2. The summed E-state index contributed by atoms with van der Waals surface area (Å²) < 4.78 is 55.3. The van der Waals surface area contributed by atoms with Crippen LogP contribution in [-0.4, -0.2) is 53.3 Å². The molecule has 1 N–H and O–H groups in total. The number of rotatable bonds is 8. The molecule has 0 aliphatic carbocycles. The van der Waals surface area contributed by atoms with Crippen LogP contribution in [0.25, 0.3) is 0 Å². The van der Waals surface area contributed by atoms with Crippen LogP contribution in [0.2, 0.25) is 0 Å². The van der Waals surface area contributed by atoms with Gasteiger partial charge in [0.05, 0.1) is 28.8 Å². The predicted octanol–water partition coefficient (Wildman–Crippen LogP) is 1.72. The number of ether oxygens (including phenoxy) is 1. The number of benzene rings is 1. The maximum Gasteiger partial charge on any atom is 0.183 e. The van der Waals surface area contributed by atoms with E-state index in [1.807, 2.05) is 0 Å². The monoisotopic (exact) mass is 389 g/mol. The van der Waals surface area contributed by atoms with E-state index in [1.165, 1.54) is 13.2 Å². The fourth-order valence-corrected chi connectivity index (χ4v) is 7.98. The molecule has 1 aromatic carbocycles. The number of methoxy groups -OCH3 is 1. The highest BCUT2D eigenvalue weighted by Crippen LogP contribution is 2.29. The lowest BCUT2D eigenvalue weighted by Crippen LogP contribution is -2.43. The predicted molar refractivity (Wildman–Crippen MR) is 98.7 cm³/mol. The Morgan fingerprint density at radius 3 is 2.56 bits per heavy atom. The lowest BCUT2D eigenvalue weighted by Gasteiger charge is -2.20. The first-order valence-corrected chi connectivity index (χ1v) is 11.9. The Labute approximate surface area is 150 Å². The molecule has 25 heavy (non-hydrogen) atoms. The Bertz CT molecular complexity index is 802. The molecule has 0 amide bonds. The van der Waals surface area contributed by atoms with E-state index in [-0.39, 0.29) is 16.4 Å². The molecular weight excluding hydrogens is 362 g/mol. The topological polar surface area (TPSA) is 89.5 Å². The number of aryl methyl sites for hydroxylation is 1. The third-order valence-electron chi connectivity index (χ3n) is 4.58. The van der Waals surface area contributed by atoms with Crippen LogP contribution in [0.15, 0.2) is 23.1 Å². The van der Waals surface area contributed by atoms with Crippen molar-refractivity contribution in [1.29, 1.82) is 0 Å². The standard InChI is InChI=1S/C17H27NO5S2/c1-4-5-6-9-18-15-11-24(19,20)12-17(15)25(21,22)14-7-8-16(23-3)13(2)10-14/h7-8,10,15,17-18H,4-6,9,11-12H2,1-3H3/t15-,17-/m0/s1. The van der Waals surface area contributed by atoms with Crippen LogP contribution in [0.1, 0.15) is 31.7 Å². The van der Waals surface area contributed by atoms with E-state index in [9.17, 15) is 16.8 Å². The van der Waals surface area contributed by atoms with Gasteiger partial charge in [0.15, 0.2) is 19.7 Å². The molecule has 2 atom stereocenters. The Morgan fingerprint density at radius 2 is 1.96 bits per heavy atom. The van der Waals surface area contributed by atoms with Crippen LogP contribution in [0.4, 0.5) is 0 Å². The fraction of sp³-hybridized carbons (Fsp3) is 0.647. The molecule has 1 aliphatic heterocycles. The highest BCUT2D eigenvalue weighted by molar-refractivity contribution is 7.96. The van der Waals surface area contributed by atoms with Gasteiger partial charge in [0, 0.05) is 6.04 Å². The van der Waals surface area contributed by atoms with E-state index < -0.39 is 31.0 Å². The largest absolute Gasteiger partial charge is 0.496 e. The molecule has 142 valence electrons. The van der Waals surface area contributed by atoms with Crippen LogP contribution in [0.3, 0.4) is 0 Å². The average molecular weight is 390 g/mol. The van der Waals surface area contributed by atoms with Gasteiger partial charge in [-0.25, -0.2) is 16.8 Å². The van der Waals surface area contributed by atoms with E-state index in [0.717, 1.165) is 19.3 Å². The summed E-state index contributed by atoms with van der Waals surface area (Å²) in [5.41, 5.74) is 0.705. The summed E-state index contributed by atoms with van der Waals surface area (Å²) >= 11 is 0. The molecule has 1 aromatic rings.